The van der Waals surface area contributed by atoms with Crippen LogP contribution < -0.4 is 11.1 Å². The van der Waals surface area contributed by atoms with Crippen molar-refractivity contribution in [2.75, 3.05) is 19.3 Å². The number of hydrogen-bond donors (Lipinski definition) is 2. The molecule has 3 aromatic rings. The molecule has 2 heterocycles. The first-order valence-corrected chi connectivity index (χ1v) is 10.5. The molecule has 1 saturated heterocycles. The van der Waals surface area contributed by atoms with Gasteiger partial charge in [0.15, 0.2) is 0 Å². The number of carbonyl (C=O) groups is 2. The van der Waals surface area contributed by atoms with Crippen molar-refractivity contribution in [2.45, 2.75) is 18.9 Å². The van der Waals surface area contributed by atoms with E-state index in [1.807, 2.05) is 12.1 Å². The predicted octanol–water partition coefficient (Wildman–Crippen LogP) is 4.00. The molecule has 8 heteroatoms. The summed E-state index contributed by atoms with van der Waals surface area (Å²) in [6.45, 7) is 0.831. The van der Waals surface area contributed by atoms with Crippen LogP contribution in [0, 0.1) is 5.82 Å². The van der Waals surface area contributed by atoms with Gasteiger partial charge < -0.3 is 16.0 Å². The maximum absolute atomic E-state index is 14.8. The van der Waals surface area contributed by atoms with Crippen LogP contribution in [0.25, 0.3) is 11.1 Å². The number of halogens is 2. The van der Waals surface area contributed by atoms with Gasteiger partial charge in [0.1, 0.15) is 11.6 Å². The van der Waals surface area contributed by atoms with E-state index < -0.39 is 11.7 Å². The number of nitrogens with two attached hydrogens (primary N) is 1. The van der Waals surface area contributed by atoms with Gasteiger partial charge in [0.2, 0.25) is 5.91 Å². The molecule has 1 aromatic heterocycles. The van der Waals surface area contributed by atoms with Crippen LogP contribution in [0.3, 0.4) is 0 Å². The van der Waals surface area contributed by atoms with Crippen LogP contribution in [-0.2, 0) is 11.3 Å². The zero-order chi connectivity index (χ0) is 22.8. The summed E-state index contributed by atoms with van der Waals surface area (Å²) in [6.07, 6.45) is 2.06. The number of benzene rings is 2. The number of pyridine rings is 1. The molecule has 6 nitrogen and oxygen atoms in total. The molecule has 32 heavy (non-hydrogen) atoms. The quantitative estimate of drug-likeness (QED) is 0.612. The number of rotatable bonds is 5. The molecule has 0 spiro atoms. The van der Waals surface area contributed by atoms with E-state index in [-0.39, 0.29) is 29.8 Å². The number of aromatic nitrogens is 1. The van der Waals surface area contributed by atoms with Crippen LogP contribution in [0.1, 0.15) is 33.8 Å². The monoisotopic (exact) mass is 452 g/mol. The van der Waals surface area contributed by atoms with Crippen LogP contribution in [-0.4, -0.2) is 35.3 Å². The zero-order valence-electron chi connectivity index (χ0n) is 17.4. The summed E-state index contributed by atoms with van der Waals surface area (Å²) in [7, 11) is 1.76. The highest BCUT2D eigenvalue weighted by molar-refractivity contribution is 6.30. The van der Waals surface area contributed by atoms with Crippen LogP contribution in [0.2, 0.25) is 5.02 Å². The largest absolute Gasteiger partial charge is 0.383 e. The number of likely N-dealkylation sites (tertiary alicyclic amines) is 1. The van der Waals surface area contributed by atoms with Gasteiger partial charge in [0, 0.05) is 49.3 Å². The fourth-order valence-corrected chi connectivity index (χ4v) is 4.04. The Balaban J connectivity index is 1.53. The zero-order valence-corrected chi connectivity index (χ0v) is 18.2. The Labute approximate surface area is 190 Å². The molecule has 2 amide bonds. The van der Waals surface area contributed by atoms with Gasteiger partial charge in [-0.2, -0.15) is 0 Å². The summed E-state index contributed by atoms with van der Waals surface area (Å²) >= 11 is 5.95. The Hall–Kier alpha value is -3.45. The first-order chi connectivity index (χ1) is 15.3. The minimum absolute atomic E-state index is 0.0146. The SMILES string of the molecule is CN1CC(c2cnc(N)c(-c3ccc(C(=O)NCc4cccc(Cl)c4)c(F)c3)c2)CC1=O. The minimum atomic E-state index is -0.660. The van der Waals surface area contributed by atoms with Crippen molar-refractivity contribution in [1.29, 1.82) is 0 Å². The van der Waals surface area contributed by atoms with Crippen molar-refractivity contribution < 1.29 is 14.0 Å². The Morgan fingerprint density at radius 1 is 1.28 bits per heavy atom. The molecule has 0 aliphatic carbocycles. The number of nitrogen functional groups attached to an aromatic ring is 1. The number of nitrogens with zero attached hydrogens (tertiary/aromatic N) is 2. The first-order valence-electron chi connectivity index (χ1n) is 10.1. The normalized spacial score (nSPS) is 15.8. The van der Waals surface area contributed by atoms with Crippen LogP contribution in [0.5, 0.6) is 0 Å². The molecule has 0 radical (unpaired) electrons. The van der Waals surface area contributed by atoms with Crippen LogP contribution in [0.4, 0.5) is 10.2 Å². The second kappa shape index (κ2) is 8.96. The van der Waals surface area contributed by atoms with Crippen LogP contribution >= 0.6 is 11.6 Å². The Bertz CT molecular complexity index is 1200. The standard InChI is InChI=1S/C24H22ClFN4O2/c1-30-13-17(10-22(30)31)16-8-20(23(27)28-12-16)15-5-6-19(21(26)9-15)24(32)29-11-14-3-2-4-18(25)7-14/h2-9,12,17H,10-11,13H2,1H3,(H2,27,28)(H,29,32). The van der Waals surface area contributed by atoms with E-state index >= 15 is 0 Å². The highest BCUT2D eigenvalue weighted by Crippen LogP contribution is 2.32. The maximum Gasteiger partial charge on any atom is 0.254 e. The van der Waals surface area contributed by atoms with Gasteiger partial charge >= 0.3 is 0 Å². The third kappa shape index (κ3) is 4.57. The van der Waals surface area contributed by atoms with E-state index in [0.29, 0.717) is 29.1 Å². The van der Waals surface area contributed by atoms with E-state index in [1.54, 1.807) is 42.4 Å². The number of hydrogen-bond acceptors (Lipinski definition) is 4. The Morgan fingerprint density at radius 3 is 2.78 bits per heavy atom. The van der Waals surface area contributed by atoms with Gasteiger partial charge in [-0.25, -0.2) is 9.37 Å². The van der Waals surface area contributed by atoms with Gasteiger partial charge in [0.05, 0.1) is 5.56 Å². The van der Waals surface area contributed by atoms with E-state index in [2.05, 4.69) is 10.3 Å². The highest BCUT2D eigenvalue weighted by Gasteiger charge is 2.28. The van der Waals surface area contributed by atoms with E-state index in [1.165, 1.54) is 12.1 Å². The molecule has 3 N–H and O–H groups in total. The van der Waals surface area contributed by atoms with Crippen molar-refractivity contribution in [1.82, 2.24) is 15.2 Å². The Morgan fingerprint density at radius 2 is 2.09 bits per heavy atom. The molecule has 1 aliphatic heterocycles. The number of amides is 2. The maximum atomic E-state index is 14.8. The smallest absolute Gasteiger partial charge is 0.254 e. The van der Waals surface area contributed by atoms with Crippen LogP contribution in [0.15, 0.2) is 54.7 Å². The van der Waals surface area contributed by atoms with E-state index in [4.69, 9.17) is 17.3 Å². The molecule has 1 atom stereocenters. The number of nitrogens with one attached hydrogen (secondary N) is 1. The molecule has 164 valence electrons. The molecule has 1 aliphatic rings. The van der Waals surface area contributed by atoms with Crippen molar-refractivity contribution in [3.8, 4) is 11.1 Å². The van der Waals surface area contributed by atoms with Gasteiger partial charge in [-0.1, -0.05) is 29.8 Å². The van der Waals surface area contributed by atoms with Crippen molar-refractivity contribution in [2.24, 2.45) is 0 Å². The fraction of sp³-hybridized carbons (Fsp3) is 0.208. The van der Waals surface area contributed by atoms with Gasteiger partial charge in [0.25, 0.3) is 5.91 Å². The number of anilines is 1. The van der Waals surface area contributed by atoms with Crippen molar-refractivity contribution >= 4 is 29.2 Å². The average molecular weight is 453 g/mol. The summed E-state index contributed by atoms with van der Waals surface area (Å²) in [6, 6.07) is 13.3. The lowest BCUT2D eigenvalue weighted by molar-refractivity contribution is -0.126. The van der Waals surface area contributed by atoms with Gasteiger partial charge in [-0.3, -0.25) is 9.59 Å². The lowest BCUT2D eigenvalue weighted by atomic mass is 9.95. The Kier molecular flexibility index (Phi) is 6.10. The summed E-state index contributed by atoms with van der Waals surface area (Å²) < 4.78 is 14.8. The molecular weight excluding hydrogens is 431 g/mol. The molecule has 1 fully saturated rings. The van der Waals surface area contributed by atoms with Gasteiger partial charge in [-0.15, -0.1) is 0 Å². The third-order valence-corrected chi connectivity index (χ3v) is 5.85. The fourth-order valence-electron chi connectivity index (χ4n) is 3.82. The first kappa shape index (κ1) is 21.8. The predicted molar refractivity (Wildman–Crippen MR) is 122 cm³/mol. The molecule has 4 rings (SSSR count). The lowest BCUT2D eigenvalue weighted by Crippen LogP contribution is -2.23. The molecule has 2 aromatic carbocycles. The number of likely N-dealkylation sites (N-methyl/N-ethyl adjacent to an activating group) is 1. The third-order valence-electron chi connectivity index (χ3n) is 5.62. The van der Waals surface area contributed by atoms with Crippen molar-refractivity contribution in [3.05, 3.63) is 82.3 Å². The van der Waals surface area contributed by atoms with Gasteiger partial charge in [-0.05, 0) is 47.0 Å². The molecular formula is C24H22ClFN4O2. The molecule has 1 unspecified atom stereocenters. The lowest BCUT2D eigenvalue weighted by Gasteiger charge is -2.14. The summed E-state index contributed by atoms with van der Waals surface area (Å²) in [4.78, 5) is 30.3. The summed E-state index contributed by atoms with van der Waals surface area (Å²) in [5, 5.41) is 3.26. The summed E-state index contributed by atoms with van der Waals surface area (Å²) in [5.41, 5.74) is 8.74. The molecule has 0 bridgehead atoms. The molecule has 0 saturated carbocycles. The topological polar surface area (TPSA) is 88.3 Å². The van der Waals surface area contributed by atoms with E-state index in [0.717, 1.165) is 11.1 Å². The number of carbonyl (C=O) groups excluding carboxylic acids is 2. The highest BCUT2D eigenvalue weighted by atomic mass is 35.5. The minimum Gasteiger partial charge on any atom is -0.383 e. The van der Waals surface area contributed by atoms with Crippen molar-refractivity contribution in [3.63, 3.8) is 0 Å². The summed E-state index contributed by atoms with van der Waals surface area (Å²) in [5.74, 6) is -0.842. The second-order valence-electron chi connectivity index (χ2n) is 7.88. The average Bonchev–Trinajstić information content (AvgIpc) is 3.10. The second-order valence-corrected chi connectivity index (χ2v) is 8.32. The van der Waals surface area contributed by atoms with E-state index in [9.17, 15) is 14.0 Å².